The molecule has 0 aliphatic rings. The summed E-state index contributed by atoms with van der Waals surface area (Å²) in [5.41, 5.74) is 0. The second kappa shape index (κ2) is 19.7. The molecule has 0 aliphatic carbocycles. The largest absolute Gasteiger partial charge is 0.412 e. The van der Waals surface area contributed by atoms with Gasteiger partial charge in [-0.3, -0.25) is 0 Å². The summed E-state index contributed by atoms with van der Waals surface area (Å²) in [7, 11) is 0. The van der Waals surface area contributed by atoms with Crippen molar-refractivity contribution in [3.8, 4) is 0 Å². The summed E-state index contributed by atoms with van der Waals surface area (Å²) < 4.78 is 0. The van der Waals surface area contributed by atoms with E-state index in [1.807, 2.05) is 0 Å². The van der Waals surface area contributed by atoms with E-state index in [1.165, 1.54) is 0 Å². The summed E-state index contributed by atoms with van der Waals surface area (Å²) in [4.78, 5) is 0. The predicted molar refractivity (Wildman–Crippen MR) is 35.1 cm³/mol. The van der Waals surface area contributed by atoms with Crippen molar-refractivity contribution in [2.45, 2.75) is 0 Å². The summed E-state index contributed by atoms with van der Waals surface area (Å²) in [5, 5.41) is 0. The van der Waals surface area contributed by atoms with Crippen molar-refractivity contribution in [2.75, 3.05) is 0 Å². The third kappa shape index (κ3) is 8.96. The van der Waals surface area contributed by atoms with Crippen LogP contribution in [0.4, 0.5) is 0 Å². The summed E-state index contributed by atoms with van der Waals surface area (Å²) >= 11 is 0. The van der Waals surface area contributed by atoms with Crippen LogP contribution in [0.3, 0.4) is 0 Å². The van der Waals surface area contributed by atoms with Crippen molar-refractivity contribution in [2.24, 2.45) is 0 Å². The fourth-order valence-electron chi connectivity index (χ4n) is 0. The molecule has 0 saturated heterocycles. The molecule has 4 heteroatoms. The van der Waals surface area contributed by atoms with Gasteiger partial charge in [-0.25, -0.2) is 0 Å². The molecule has 4 heavy (non-hydrogen) atoms. The van der Waals surface area contributed by atoms with Gasteiger partial charge in [0.2, 0.25) is 0 Å². The second-order valence-electron chi connectivity index (χ2n) is 0. The van der Waals surface area contributed by atoms with Gasteiger partial charge in [0.05, 0.1) is 0 Å². The van der Waals surface area contributed by atoms with E-state index in [-0.39, 0.29) is 72.6 Å². The predicted octanol–water partition coefficient (Wildman–Crippen LogP) is -0.00960. The Hall–Kier alpha value is 2.05. The molecule has 1 nitrogen and oxygen atoms in total. The quantitative estimate of drug-likeness (QED) is 0.379. The zero-order valence-electron chi connectivity index (χ0n) is 1.76. The first kappa shape index (κ1) is 36.7. The SMILES string of the molecule is Br.I.O.[Bi]. The van der Waals surface area contributed by atoms with E-state index >= 15 is 0 Å². The van der Waals surface area contributed by atoms with E-state index in [1.54, 1.807) is 0 Å². The number of hydrogen-bond acceptors (Lipinski definition) is 0. The summed E-state index contributed by atoms with van der Waals surface area (Å²) in [6.07, 6.45) is 0. The molecule has 2 N–H and O–H groups in total. The molecular formula is H4BiBrIO. The molecule has 0 amide bonds. The van der Waals surface area contributed by atoms with Gasteiger partial charge < -0.3 is 5.48 Å². The third-order valence-corrected chi connectivity index (χ3v) is 0. The first-order valence-electron chi connectivity index (χ1n) is 0. The Balaban J connectivity index is 0. The van der Waals surface area contributed by atoms with E-state index in [2.05, 4.69) is 0 Å². The smallest absolute Gasteiger partial charge is 0 e. The van der Waals surface area contributed by atoms with Crippen LogP contribution in [-0.4, -0.2) is 31.7 Å². The molecule has 0 aromatic rings. The number of rotatable bonds is 0. The van der Waals surface area contributed by atoms with Gasteiger partial charge in [0, 0.05) is 26.2 Å². The molecule has 0 aromatic carbocycles. The van der Waals surface area contributed by atoms with Gasteiger partial charge in [0.1, 0.15) is 0 Å². The van der Waals surface area contributed by atoms with Crippen molar-refractivity contribution in [1.29, 1.82) is 0 Å². The zero-order valence-corrected chi connectivity index (χ0v) is 9.28. The van der Waals surface area contributed by atoms with Gasteiger partial charge in [0.25, 0.3) is 0 Å². The topological polar surface area (TPSA) is 31.5 Å². The Bertz CT molecular complexity index is 8.00. The van der Waals surface area contributed by atoms with E-state index < -0.39 is 0 Å². The van der Waals surface area contributed by atoms with Gasteiger partial charge in [-0.05, 0) is 0 Å². The Labute approximate surface area is 71.8 Å². The normalized spacial score (nSPS) is 0. The van der Waals surface area contributed by atoms with E-state index in [0.29, 0.717) is 0 Å². The van der Waals surface area contributed by atoms with Crippen LogP contribution in [0.1, 0.15) is 0 Å². The summed E-state index contributed by atoms with van der Waals surface area (Å²) in [6, 6.07) is 0. The van der Waals surface area contributed by atoms with Crippen LogP contribution in [-0.2, 0) is 0 Å². The maximum absolute atomic E-state index is 0. The van der Waals surface area contributed by atoms with Crippen molar-refractivity contribution in [3.63, 3.8) is 0 Å². The first-order valence-corrected chi connectivity index (χ1v) is 0. The molecule has 0 unspecified atom stereocenters. The molecular weight excluding hydrogens is 432 g/mol. The van der Waals surface area contributed by atoms with Gasteiger partial charge in [-0.15, -0.1) is 41.0 Å². The average molecular weight is 436 g/mol. The maximum atomic E-state index is 0. The average Bonchev–Trinajstić information content (AvgIpc) is 0. The molecule has 0 heterocycles. The Morgan fingerprint density at radius 3 is 1.00 bits per heavy atom. The van der Waals surface area contributed by atoms with Crippen molar-refractivity contribution >= 4 is 67.2 Å². The fourth-order valence-corrected chi connectivity index (χ4v) is 0. The Morgan fingerprint density at radius 1 is 1.00 bits per heavy atom. The van der Waals surface area contributed by atoms with Gasteiger partial charge in [-0.1, -0.05) is 0 Å². The minimum Gasteiger partial charge on any atom is -0.412 e. The van der Waals surface area contributed by atoms with Gasteiger partial charge in [0.15, 0.2) is 0 Å². The number of hydrogen-bond donors (Lipinski definition) is 0. The van der Waals surface area contributed by atoms with E-state index in [0.717, 1.165) is 0 Å². The van der Waals surface area contributed by atoms with Crippen molar-refractivity contribution < 1.29 is 5.48 Å². The summed E-state index contributed by atoms with van der Waals surface area (Å²) in [5.74, 6) is 0. The van der Waals surface area contributed by atoms with E-state index in [9.17, 15) is 0 Å². The van der Waals surface area contributed by atoms with Crippen molar-refractivity contribution in [1.82, 2.24) is 0 Å². The number of halogens is 2. The Morgan fingerprint density at radius 2 is 1.00 bits per heavy atom. The minimum atomic E-state index is 0. The standard InChI is InChI=1S/Bi.BrH.HI.H2O/h;2*1H;1H2. The molecule has 0 saturated carbocycles. The molecule has 0 rings (SSSR count). The molecule has 0 spiro atoms. The molecule has 0 bridgehead atoms. The van der Waals surface area contributed by atoms with Crippen molar-refractivity contribution in [3.05, 3.63) is 0 Å². The third-order valence-electron chi connectivity index (χ3n) is 0. The van der Waals surface area contributed by atoms with Gasteiger partial charge >= 0.3 is 0 Å². The van der Waals surface area contributed by atoms with Crippen LogP contribution in [0, 0.1) is 0 Å². The molecule has 3 radical (unpaired) electrons. The second-order valence-corrected chi connectivity index (χ2v) is 0. The van der Waals surface area contributed by atoms with Crippen LogP contribution in [0.2, 0.25) is 0 Å². The van der Waals surface area contributed by atoms with Gasteiger partial charge in [-0.2, -0.15) is 0 Å². The fraction of sp³-hybridized carbons (Fsp3) is 0. The van der Waals surface area contributed by atoms with Crippen LogP contribution in [0.5, 0.6) is 0 Å². The maximum Gasteiger partial charge on any atom is 0 e. The van der Waals surface area contributed by atoms with Crippen LogP contribution >= 0.6 is 41.0 Å². The van der Waals surface area contributed by atoms with Crippen LogP contribution in [0.15, 0.2) is 0 Å². The zero-order chi connectivity index (χ0) is 0. The van der Waals surface area contributed by atoms with E-state index in [4.69, 9.17) is 0 Å². The first-order chi connectivity index (χ1) is 0. The van der Waals surface area contributed by atoms with Crippen LogP contribution in [0.25, 0.3) is 0 Å². The molecule has 0 aromatic heterocycles. The minimum absolute atomic E-state index is 0. The molecule has 29 valence electrons. The monoisotopic (exact) mass is 435 g/mol. The molecule has 0 fully saturated rings. The molecule has 0 aliphatic heterocycles. The Kier molecular flexibility index (Phi) is 181. The molecule has 0 atom stereocenters. The summed E-state index contributed by atoms with van der Waals surface area (Å²) in [6.45, 7) is 0. The van der Waals surface area contributed by atoms with Crippen LogP contribution < -0.4 is 0 Å².